The number of carbonyl (C=O) groups is 2. The normalized spacial score (nSPS) is 10.3. The molecule has 1 heterocycles. The molecule has 0 unspecified atom stereocenters. The third-order valence-corrected chi connectivity index (χ3v) is 3.54. The van der Waals surface area contributed by atoms with Gasteiger partial charge in [0.05, 0.1) is 11.1 Å². The van der Waals surface area contributed by atoms with E-state index in [0.717, 1.165) is 22.4 Å². The van der Waals surface area contributed by atoms with Crippen molar-refractivity contribution in [1.29, 1.82) is 0 Å². The summed E-state index contributed by atoms with van der Waals surface area (Å²) in [5.74, 6) is -1.53. The number of nitrogens with two attached hydrogens (primary N) is 1. The fourth-order valence-corrected chi connectivity index (χ4v) is 2.23. The number of benzene rings is 1. The molecule has 0 spiro atoms. The standard InChI is InChI=1S/C16H16N4O5/c1-18(8-11-5-3-2-4-6-11)14(21)10-19-9-12(20(24)25)7-13(15(17)22)16(19)23/h2-7,9H,8,10H2,1H3,(H2,17,22). The van der Waals surface area contributed by atoms with Gasteiger partial charge in [0, 0.05) is 19.7 Å². The Bertz CT molecular complexity index is 876. The molecular formula is C16H16N4O5. The topological polar surface area (TPSA) is 129 Å². The molecule has 1 aromatic heterocycles. The average Bonchev–Trinajstić information content (AvgIpc) is 2.56. The van der Waals surface area contributed by atoms with E-state index in [0.29, 0.717) is 6.54 Å². The summed E-state index contributed by atoms with van der Waals surface area (Å²) in [6, 6.07) is 10.00. The van der Waals surface area contributed by atoms with Gasteiger partial charge in [0.15, 0.2) is 0 Å². The first-order valence-electron chi connectivity index (χ1n) is 7.26. The van der Waals surface area contributed by atoms with Crippen LogP contribution in [0.2, 0.25) is 0 Å². The van der Waals surface area contributed by atoms with Crippen molar-refractivity contribution in [2.45, 2.75) is 13.1 Å². The lowest BCUT2D eigenvalue weighted by Gasteiger charge is -2.18. The van der Waals surface area contributed by atoms with E-state index in [4.69, 9.17) is 5.73 Å². The molecule has 0 aliphatic rings. The van der Waals surface area contributed by atoms with Crippen LogP contribution in [0.3, 0.4) is 0 Å². The fraction of sp³-hybridized carbons (Fsp3) is 0.188. The minimum absolute atomic E-state index is 0.312. The molecule has 2 rings (SSSR count). The van der Waals surface area contributed by atoms with Crippen LogP contribution < -0.4 is 11.3 Å². The number of amides is 2. The summed E-state index contributed by atoms with van der Waals surface area (Å²) in [6.45, 7) is -0.129. The third kappa shape index (κ3) is 4.28. The Labute approximate surface area is 142 Å². The second kappa shape index (κ2) is 7.39. The second-order valence-corrected chi connectivity index (χ2v) is 5.40. The molecule has 0 bridgehead atoms. The summed E-state index contributed by atoms with van der Waals surface area (Å²) >= 11 is 0. The van der Waals surface area contributed by atoms with Crippen molar-refractivity contribution in [2.24, 2.45) is 5.73 Å². The highest BCUT2D eigenvalue weighted by Gasteiger charge is 2.19. The third-order valence-electron chi connectivity index (χ3n) is 3.54. The Kier molecular flexibility index (Phi) is 5.28. The maximum absolute atomic E-state index is 12.3. The Morgan fingerprint density at radius 3 is 2.48 bits per heavy atom. The summed E-state index contributed by atoms with van der Waals surface area (Å²) in [4.78, 5) is 47.3. The fourth-order valence-electron chi connectivity index (χ4n) is 2.23. The van der Waals surface area contributed by atoms with Crippen molar-refractivity contribution in [3.8, 4) is 0 Å². The first-order valence-corrected chi connectivity index (χ1v) is 7.26. The van der Waals surface area contributed by atoms with Gasteiger partial charge in [0.1, 0.15) is 12.1 Å². The van der Waals surface area contributed by atoms with Gasteiger partial charge in [0.25, 0.3) is 17.2 Å². The van der Waals surface area contributed by atoms with Gasteiger partial charge in [-0.25, -0.2) is 0 Å². The van der Waals surface area contributed by atoms with E-state index in [1.54, 1.807) is 7.05 Å². The van der Waals surface area contributed by atoms with Crippen molar-refractivity contribution in [1.82, 2.24) is 9.47 Å². The van der Waals surface area contributed by atoms with Gasteiger partial charge in [0.2, 0.25) is 5.91 Å². The minimum atomic E-state index is -1.09. The Morgan fingerprint density at radius 2 is 1.92 bits per heavy atom. The van der Waals surface area contributed by atoms with Crippen molar-refractivity contribution < 1.29 is 14.5 Å². The highest BCUT2D eigenvalue weighted by atomic mass is 16.6. The van der Waals surface area contributed by atoms with Crippen LogP contribution in [0.25, 0.3) is 0 Å². The molecule has 0 aliphatic carbocycles. The summed E-state index contributed by atoms with van der Waals surface area (Å²) in [7, 11) is 1.55. The molecule has 2 aromatic rings. The van der Waals surface area contributed by atoms with E-state index in [1.165, 1.54) is 4.90 Å². The van der Waals surface area contributed by atoms with Gasteiger partial charge in [-0.1, -0.05) is 30.3 Å². The van der Waals surface area contributed by atoms with Crippen LogP contribution in [0, 0.1) is 10.1 Å². The molecule has 0 saturated carbocycles. The molecule has 0 fully saturated rings. The van der Waals surface area contributed by atoms with Gasteiger partial charge in [-0.15, -0.1) is 0 Å². The largest absolute Gasteiger partial charge is 0.365 e. The quantitative estimate of drug-likeness (QED) is 0.603. The predicted octanol–water partition coefficient (Wildman–Crippen LogP) is 0.514. The van der Waals surface area contributed by atoms with Crippen molar-refractivity contribution >= 4 is 17.5 Å². The second-order valence-electron chi connectivity index (χ2n) is 5.40. The first kappa shape index (κ1) is 17.9. The maximum Gasteiger partial charge on any atom is 0.286 e. The lowest BCUT2D eigenvalue weighted by Crippen LogP contribution is -2.36. The number of hydrogen-bond acceptors (Lipinski definition) is 5. The van der Waals surface area contributed by atoms with Crippen LogP contribution in [-0.2, 0) is 17.9 Å². The van der Waals surface area contributed by atoms with E-state index >= 15 is 0 Å². The highest BCUT2D eigenvalue weighted by molar-refractivity contribution is 5.93. The summed E-state index contributed by atoms with van der Waals surface area (Å²) in [6.07, 6.45) is 0.920. The summed E-state index contributed by atoms with van der Waals surface area (Å²) < 4.78 is 0.821. The van der Waals surface area contributed by atoms with Gasteiger partial charge >= 0.3 is 0 Å². The van der Waals surface area contributed by atoms with E-state index in [9.17, 15) is 24.5 Å². The van der Waals surface area contributed by atoms with E-state index in [2.05, 4.69) is 0 Å². The molecule has 2 N–H and O–H groups in total. The summed E-state index contributed by atoms with van der Waals surface area (Å²) in [5, 5.41) is 10.9. The molecule has 25 heavy (non-hydrogen) atoms. The molecule has 0 radical (unpaired) electrons. The number of rotatable bonds is 6. The lowest BCUT2D eigenvalue weighted by atomic mass is 10.2. The van der Waals surface area contributed by atoms with Gasteiger partial charge in [-0.3, -0.25) is 29.1 Å². The average molecular weight is 344 g/mol. The van der Waals surface area contributed by atoms with Gasteiger partial charge in [-0.2, -0.15) is 0 Å². The number of pyridine rings is 1. The van der Waals surface area contributed by atoms with Crippen molar-refractivity contribution in [3.63, 3.8) is 0 Å². The summed E-state index contributed by atoms with van der Waals surface area (Å²) in [5.41, 5.74) is 4.09. The Hall–Kier alpha value is -3.49. The molecule has 1 aromatic carbocycles. The van der Waals surface area contributed by atoms with E-state index in [-0.39, 0.29) is 0 Å². The minimum Gasteiger partial charge on any atom is -0.365 e. The number of hydrogen-bond donors (Lipinski definition) is 1. The van der Waals surface area contributed by atoms with E-state index in [1.807, 2.05) is 30.3 Å². The highest BCUT2D eigenvalue weighted by Crippen LogP contribution is 2.11. The zero-order valence-corrected chi connectivity index (χ0v) is 13.4. The smallest absolute Gasteiger partial charge is 0.286 e. The van der Waals surface area contributed by atoms with Crippen LogP contribution >= 0.6 is 0 Å². The SMILES string of the molecule is CN(Cc1ccccc1)C(=O)Cn1cc([N+](=O)[O-])cc(C(N)=O)c1=O. The number of aromatic nitrogens is 1. The Morgan fingerprint density at radius 1 is 1.28 bits per heavy atom. The molecule has 2 amide bonds. The maximum atomic E-state index is 12.3. The molecule has 0 saturated heterocycles. The number of nitrogens with zero attached hydrogens (tertiary/aromatic N) is 3. The number of likely N-dealkylation sites (N-methyl/N-ethyl adjacent to an activating group) is 1. The predicted molar refractivity (Wildman–Crippen MR) is 88.8 cm³/mol. The van der Waals surface area contributed by atoms with Crippen LogP contribution in [-0.4, -0.2) is 33.3 Å². The van der Waals surface area contributed by atoms with E-state index < -0.39 is 40.1 Å². The number of carbonyl (C=O) groups excluding carboxylic acids is 2. The molecule has 0 atom stereocenters. The molecule has 0 aliphatic heterocycles. The first-order chi connectivity index (χ1) is 11.8. The van der Waals surface area contributed by atoms with Gasteiger partial charge in [-0.05, 0) is 5.56 Å². The lowest BCUT2D eigenvalue weighted by molar-refractivity contribution is -0.385. The zero-order chi connectivity index (χ0) is 18.6. The van der Waals surface area contributed by atoms with Crippen LogP contribution in [0.15, 0.2) is 47.4 Å². The molecule has 130 valence electrons. The molecule has 9 nitrogen and oxygen atoms in total. The zero-order valence-electron chi connectivity index (χ0n) is 13.4. The van der Waals surface area contributed by atoms with Crippen molar-refractivity contribution in [3.05, 3.63) is 74.2 Å². The monoisotopic (exact) mass is 344 g/mol. The van der Waals surface area contributed by atoms with Gasteiger partial charge < -0.3 is 10.6 Å². The van der Waals surface area contributed by atoms with Crippen LogP contribution in [0.1, 0.15) is 15.9 Å². The van der Waals surface area contributed by atoms with Crippen molar-refractivity contribution in [2.75, 3.05) is 7.05 Å². The van der Waals surface area contributed by atoms with Crippen LogP contribution in [0.4, 0.5) is 5.69 Å². The van der Waals surface area contributed by atoms with Crippen LogP contribution in [0.5, 0.6) is 0 Å². The Balaban J connectivity index is 2.26. The molecular weight excluding hydrogens is 328 g/mol. The number of primary amides is 1. The molecule has 9 heteroatoms. The number of nitro groups is 1.